The van der Waals surface area contributed by atoms with Crippen LogP contribution in [0, 0.1) is 0 Å². The fraction of sp³-hybridized carbons (Fsp3) is 0.562. The number of thioether (sulfide) groups is 1. The average molecular weight is 277 g/mol. The normalized spacial score (nSPS) is 17.8. The minimum Gasteiger partial charge on any atom is -0.342 e. The summed E-state index contributed by atoms with van der Waals surface area (Å²) in [4.78, 5) is 14.4. The molecule has 0 radical (unpaired) electrons. The van der Waals surface area contributed by atoms with Crippen molar-refractivity contribution in [2.45, 2.75) is 43.6 Å². The Morgan fingerprint density at radius 1 is 1.16 bits per heavy atom. The molecule has 1 aromatic rings. The molecule has 3 heteroatoms. The zero-order chi connectivity index (χ0) is 13.5. The van der Waals surface area contributed by atoms with Crippen molar-refractivity contribution >= 4 is 17.7 Å². The summed E-state index contributed by atoms with van der Waals surface area (Å²) in [5, 5.41) is 0.0679. The molecule has 0 aliphatic carbocycles. The molecule has 2 rings (SSSR count). The Morgan fingerprint density at radius 2 is 1.79 bits per heavy atom. The monoisotopic (exact) mass is 277 g/mol. The molecule has 1 fully saturated rings. The molecule has 1 aromatic carbocycles. The zero-order valence-electron chi connectivity index (χ0n) is 11.7. The summed E-state index contributed by atoms with van der Waals surface area (Å²) in [6.45, 7) is 3.95. The molecule has 0 aromatic heterocycles. The van der Waals surface area contributed by atoms with Crippen LogP contribution in [0.4, 0.5) is 0 Å². The molecule has 1 heterocycles. The summed E-state index contributed by atoms with van der Waals surface area (Å²) in [5.41, 5.74) is 1.29. The number of hydrogen-bond donors (Lipinski definition) is 0. The first kappa shape index (κ1) is 14.4. The maximum atomic E-state index is 12.4. The van der Waals surface area contributed by atoms with E-state index in [1.54, 1.807) is 11.8 Å². The highest BCUT2D eigenvalue weighted by molar-refractivity contribution is 7.99. The van der Waals surface area contributed by atoms with Gasteiger partial charge in [0, 0.05) is 18.8 Å². The molecule has 0 bridgehead atoms. The predicted molar refractivity (Wildman–Crippen MR) is 82.2 cm³/mol. The van der Waals surface area contributed by atoms with Gasteiger partial charge in [0.15, 0.2) is 0 Å². The van der Waals surface area contributed by atoms with Crippen LogP contribution < -0.4 is 0 Å². The zero-order valence-corrected chi connectivity index (χ0v) is 12.5. The number of carbonyl (C=O) groups excluding carboxylic acids is 1. The van der Waals surface area contributed by atoms with Crippen LogP contribution in [-0.4, -0.2) is 29.1 Å². The van der Waals surface area contributed by atoms with E-state index in [9.17, 15) is 4.79 Å². The van der Waals surface area contributed by atoms with Gasteiger partial charge in [0.05, 0.1) is 5.25 Å². The van der Waals surface area contributed by atoms with Gasteiger partial charge in [-0.15, -0.1) is 11.8 Å². The van der Waals surface area contributed by atoms with Crippen LogP contribution >= 0.6 is 11.8 Å². The van der Waals surface area contributed by atoms with Crippen molar-refractivity contribution < 1.29 is 4.79 Å². The van der Waals surface area contributed by atoms with Crippen molar-refractivity contribution in [2.24, 2.45) is 0 Å². The Bertz CT molecular complexity index is 385. The lowest BCUT2D eigenvalue weighted by molar-refractivity contribution is -0.130. The summed E-state index contributed by atoms with van der Waals surface area (Å²) in [6, 6.07) is 10.4. The van der Waals surface area contributed by atoms with Crippen LogP contribution in [0.15, 0.2) is 30.3 Å². The second-order valence-corrected chi connectivity index (χ2v) is 6.51. The lowest BCUT2D eigenvalue weighted by Gasteiger charge is -2.23. The third-order valence-electron chi connectivity index (χ3n) is 3.61. The lowest BCUT2D eigenvalue weighted by Crippen LogP contribution is -2.37. The fourth-order valence-corrected chi connectivity index (χ4v) is 3.34. The van der Waals surface area contributed by atoms with Crippen molar-refractivity contribution in [3.63, 3.8) is 0 Å². The van der Waals surface area contributed by atoms with E-state index >= 15 is 0 Å². The lowest BCUT2D eigenvalue weighted by atomic mass is 10.2. The fourth-order valence-electron chi connectivity index (χ4n) is 2.41. The largest absolute Gasteiger partial charge is 0.342 e. The molecule has 2 nitrogen and oxygen atoms in total. The molecule has 104 valence electrons. The van der Waals surface area contributed by atoms with Gasteiger partial charge in [0.1, 0.15) is 0 Å². The summed E-state index contributed by atoms with van der Waals surface area (Å²) in [5.74, 6) is 1.24. The average Bonchev–Trinajstić information content (AvgIpc) is 2.74. The molecule has 1 saturated heterocycles. The van der Waals surface area contributed by atoms with Gasteiger partial charge in [0.25, 0.3) is 0 Å². The number of benzene rings is 1. The van der Waals surface area contributed by atoms with Gasteiger partial charge in [-0.25, -0.2) is 0 Å². The highest BCUT2D eigenvalue weighted by Gasteiger charge is 2.21. The molecule has 0 spiro atoms. The number of amides is 1. The topological polar surface area (TPSA) is 20.3 Å². The van der Waals surface area contributed by atoms with Gasteiger partial charge in [-0.1, -0.05) is 43.2 Å². The van der Waals surface area contributed by atoms with E-state index in [-0.39, 0.29) is 5.25 Å². The first-order valence-electron chi connectivity index (χ1n) is 7.21. The quantitative estimate of drug-likeness (QED) is 0.836. The van der Waals surface area contributed by atoms with Crippen molar-refractivity contribution in [1.82, 2.24) is 4.90 Å². The predicted octanol–water partition coefficient (Wildman–Crippen LogP) is 3.71. The standard InChI is InChI=1S/C16H23NOS/c1-14(19-13-15-9-5-4-6-10-15)16(18)17-11-7-2-3-8-12-17/h4-6,9-10,14H,2-3,7-8,11-13H2,1H3. The molecule has 19 heavy (non-hydrogen) atoms. The van der Waals surface area contributed by atoms with Crippen LogP contribution in [0.3, 0.4) is 0 Å². The molecule has 1 atom stereocenters. The Labute approximate surface area is 120 Å². The van der Waals surface area contributed by atoms with Crippen LogP contribution in [0.2, 0.25) is 0 Å². The van der Waals surface area contributed by atoms with Gasteiger partial charge in [-0.3, -0.25) is 4.79 Å². The molecular weight excluding hydrogens is 254 g/mol. The smallest absolute Gasteiger partial charge is 0.235 e. The number of nitrogens with zero attached hydrogens (tertiary/aromatic N) is 1. The van der Waals surface area contributed by atoms with Crippen LogP contribution in [0.1, 0.15) is 38.2 Å². The molecule has 0 N–H and O–H groups in total. The first-order valence-corrected chi connectivity index (χ1v) is 8.26. The number of rotatable bonds is 4. The summed E-state index contributed by atoms with van der Waals surface area (Å²) in [6.07, 6.45) is 4.88. The first-order chi connectivity index (χ1) is 9.27. The third kappa shape index (κ3) is 4.57. The van der Waals surface area contributed by atoms with Crippen LogP contribution in [0.5, 0.6) is 0 Å². The number of likely N-dealkylation sites (tertiary alicyclic amines) is 1. The van der Waals surface area contributed by atoms with Crippen molar-refractivity contribution in [3.8, 4) is 0 Å². The van der Waals surface area contributed by atoms with Crippen LogP contribution in [-0.2, 0) is 10.5 Å². The Balaban J connectivity index is 1.81. The Hall–Kier alpha value is -0.960. The summed E-state index contributed by atoms with van der Waals surface area (Å²) < 4.78 is 0. The van der Waals surface area contributed by atoms with Crippen molar-refractivity contribution in [3.05, 3.63) is 35.9 Å². The molecule has 1 amide bonds. The molecule has 1 aliphatic rings. The summed E-state index contributed by atoms with van der Waals surface area (Å²) in [7, 11) is 0. The van der Waals surface area contributed by atoms with Crippen molar-refractivity contribution in [2.75, 3.05) is 13.1 Å². The van der Waals surface area contributed by atoms with Crippen molar-refractivity contribution in [1.29, 1.82) is 0 Å². The molecular formula is C16H23NOS. The maximum absolute atomic E-state index is 12.4. The summed E-state index contributed by atoms with van der Waals surface area (Å²) >= 11 is 1.75. The van der Waals surface area contributed by atoms with E-state index in [0.717, 1.165) is 18.8 Å². The van der Waals surface area contributed by atoms with Gasteiger partial charge >= 0.3 is 0 Å². The van der Waals surface area contributed by atoms with Gasteiger partial charge < -0.3 is 4.90 Å². The molecule has 1 unspecified atom stereocenters. The second-order valence-electron chi connectivity index (χ2n) is 5.18. The number of hydrogen-bond acceptors (Lipinski definition) is 2. The molecule has 0 saturated carbocycles. The van der Waals surface area contributed by atoms with E-state index in [1.807, 2.05) is 13.0 Å². The maximum Gasteiger partial charge on any atom is 0.235 e. The third-order valence-corrected chi connectivity index (χ3v) is 4.81. The van der Waals surface area contributed by atoms with Gasteiger partial charge in [-0.2, -0.15) is 0 Å². The van der Waals surface area contributed by atoms with Crippen LogP contribution in [0.25, 0.3) is 0 Å². The minimum absolute atomic E-state index is 0.0679. The minimum atomic E-state index is 0.0679. The molecule has 1 aliphatic heterocycles. The highest BCUT2D eigenvalue weighted by Crippen LogP contribution is 2.20. The van der Waals surface area contributed by atoms with Gasteiger partial charge in [0.2, 0.25) is 5.91 Å². The van der Waals surface area contributed by atoms with E-state index in [1.165, 1.54) is 31.2 Å². The van der Waals surface area contributed by atoms with E-state index in [0.29, 0.717) is 5.91 Å². The second kappa shape index (κ2) is 7.59. The Morgan fingerprint density at radius 3 is 2.42 bits per heavy atom. The Kier molecular flexibility index (Phi) is 5.77. The SMILES string of the molecule is CC(SCc1ccccc1)C(=O)N1CCCCCC1. The van der Waals surface area contributed by atoms with Gasteiger partial charge in [-0.05, 0) is 25.3 Å². The van der Waals surface area contributed by atoms with E-state index < -0.39 is 0 Å². The number of carbonyl (C=O) groups is 1. The van der Waals surface area contributed by atoms with E-state index in [4.69, 9.17) is 0 Å². The highest BCUT2D eigenvalue weighted by atomic mass is 32.2. The van der Waals surface area contributed by atoms with E-state index in [2.05, 4.69) is 29.2 Å².